The van der Waals surface area contributed by atoms with Crippen molar-refractivity contribution in [3.63, 3.8) is 0 Å². The Morgan fingerprint density at radius 3 is 2.07 bits per heavy atom. The van der Waals surface area contributed by atoms with Crippen LogP contribution in [0.2, 0.25) is 0 Å². The van der Waals surface area contributed by atoms with Crippen LogP contribution in [0.3, 0.4) is 0 Å². The molecule has 0 atom stereocenters. The molecular weight excluding hydrogens is 446 g/mol. The summed E-state index contributed by atoms with van der Waals surface area (Å²) in [7, 11) is -13.2. The number of hydrogen-bond acceptors (Lipinski definition) is 9. The van der Waals surface area contributed by atoms with E-state index >= 15 is 0 Å². The standard InChI is InChI=1S/C15H19N3O8S3/c16-11-2-4-13(15(8-11)27(19,20)5-6-28(21,22)23)18-9-10-1-3-12(17)14(7-10)29(24,25)26/h1-4,7-8,18H,5-6,9,16-17H2,(H,21,22,23)(H,24,25,26). The quantitative estimate of drug-likeness (QED) is 0.266. The SMILES string of the molecule is Nc1ccc(NCc2ccc(N)c(S(=O)(=O)O)c2)c(S(=O)(=O)CCS(=O)(=O)O)c1. The summed E-state index contributed by atoms with van der Waals surface area (Å²) in [5, 5.41) is 2.79. The number of nitrogen functional groups attached to an aromatic ring is 2. The number of nitrogens with one attached hydrogen (secondary N) is 1. The lowest BCUT2D eigenvalue weighted by atomic mass is 10.2. The fraction of sp³-hybridized carbons (Fsp3) is 0.200. The van der Waals surface area contributed by atoms with Crippen molar-refractivity contribution in [2.75, 3.05) is 28.3 Å². The number of benzene rings is 2. The van der Waals surface area contributed by atoms with E-state index in [4.69, 9.17) is 16.0 Å². The van der Waals surface area contributed by atoms with Crippen molar-refractivity contribution in [3.8, 4) is 0 Å². The molecule has 2 aromatic carbocycles. The second-order valence-electron chi connectivity index (χ2n) is 6.06. The van der Waals surface area contributed by atoms with Crippen LogP contribution in [0.5, 0.6) is 0 Å². The van der Waals surface area contributed by atoms with Gasteiger partial charge in [0.15, 0.2) is 9.84 Å². The van der Waals surface area contributed by atoms with Gasteiger partial charge in [-0.15, -0.1) is 0 Å². The first-order chi connectivity index (χ1) is 13.2. The van der Waals surface area contributed by atoms with Gasteiger partial charge in [0.25, 0.3) is 20.2 Å². The summed E-state index contributed by atoms with van der Waals surface area (Å²) in [6.45, 7) is -0.0481. The zero-order valence-electron chi connectivity index (χ0n) is 14.8. The lowest BCUT2D eigenvalue weighted by Crippen LogP contribution is -2.18. The van der Waals surface area contributed by atoms with Crippen LogP contribution in [0.15, 0.2) is 46.2 Å². The molecule has 0 aromatic heterocycles. The third-order valence-corrected chi connectivity index (χ3v) is 7.43. The van der Waals surface area contributed by atoms with Gasteiger partial charge >= 0.3 is 0 Å². The highest BCUT2D eigenvalue weighted by Gasteiger charge is 2.22. The highest BCUT2D eigenvalue weighted by atomic mass is 32.2. The largest absolute Gasteiger partial charge is 0.399 e. The molecule has 2 aromatic rings. The van der Waals surface area contributed by atoms with E-state index in [0.29, 0.717) is 5.56 Å². The fourth-order valence-electron chi connectivity index (χ4n) is 2.38. The Morgan fingerprint density at radius 2 is 1.48 bits per heavy atom. The van der Waals surface area contributed by atoms with Crippen molar-refractivity contribution in [2.45, 2.75) is 16.3 Å². The zero-order chi connectivity index (χ0) is 22.0. The van der Waals surface area contributed by atoms with Gasteiger partial charge in [-0.2, -0.15) is 16.8 Å². The molecule has 0 bridgehead atoms. The zero-order valence-corrected chi connectivity index (χ0v) is 17.3. The van der Waals surface area contributed by atoms with Gasteiger partial charge in [0.1, 0.15) is 4.90 Å². The normalized spacial score (nSPS) is 12.6. The molecule has 0 aliphatic carbocycles. The molecule has 0 radical (unpaired) electrons. The van der Waals surface area contributed by atoms with E-state index in [0.717, 1.165) is 12.1 Å². The van der Waals surface area contributed by atoms with Gasteiger partial charge < -0.3 is 16.8 Å². The topological polar surface area (TPSA) is 207 Å². The molecular formula is C15H19N3O8S3. The molecule has 0 saturated carbocycles. The smallest absolute Gasteiger partial charge is 0.296 e. The first-order valence-corrected chi connectivity index (χ1v) is 12.6. The molecule has 0 aliphatic heterocycles. The van der Waals surface area contributed by atoms with Gasteiger partial charge in [-0.25, -0.2) is 8.42 Å². The van der Waals surface area contributed by atoms with Crippen molar-refractivity contribution in [3.05, 3.63) is 42.0 Å². The maximum absolute atomic E-state index is 12.5. The minimum absolute atomic E-state index is 0.0481. The van der Waals surface area contributed by atoms with Crippen molar-refractivity contribution in [1.29, 1.82) is 0 Å². The highest BCUT2D eigenvalue weighted by Crippen LogP contribution is 2.27. The van der Waals surface area contributed by atoms with Crippen molar-refractivity contribution in [2.24, 2.45) is 0 Å². The Morgan fingerprint density at radius 1 is 0.828 bits per heavy atom. The van der Waals surface area contributed by atoms with E-state index in [1.807, 2.05) is 0 Å². The van der Waals surface area contributed by atoms with Crippen LogP contribution in [0.25, 0.3) is 0 Å². The van der Waals surface area contributed by atoms with Crippen LogP contribution < -0.4 is 16.8 Å². The molecule has 0 unspecified atom stereocenters. The van der Waals surface area contributed by atoms with E-state index in [1.165, 1.54) is 24.3 Å². The molecule has 160 valence electrons. The molecule has 0 fully saturated rings. The lowest BCUT2D eigenvalue weighted by molar-refractivity contribution is 0.481. The van der Waals surface area contributed by atoms with E-state index in [2.05, 4.69) is 5.32 Å². The highest BCUT2D eigenvalue weighted by molar-refractivity contribution is 7.93. The maximum Gasteiger partial charge on any atom is 0.296 e. The average molecular weight is 466 g/mol. The van der Waals surface area contributed by atoms with Gasteiger partial charge in [-0.3, -0.25) is 9.11 Å². The maximum atomic E-state index is 12.5. The predicted molar refractivity (Wildman–Crippen MR) is 107 cm³/mol. The Bertz CT molecular complexity index is 1240. The van der Waals surface area contributed by atoms with Gasteiger partial charge in [-0.1, -0.05) is 6.07 Å². The summed E-state index contributed by atoms with van der Waals surface area (Å²) in [6, 6.07) is 7.77. The number of rotatable bonds is 8. The number of sulfone groups is 1. The first kappa shape index (κ1) is 22.9. The monoisotopic (exact) mass is 465 g/mol. The second kappa shape index (κ2) is 8.16. The Kier molecular flexibility index (Phi) is 6.44. The van der Waals surface area contributed by atoms with Crippen LogP contribution in [0.4, 0.5) is 17.1 Å². The minimum atomic E-state index is -4.54. The fourth-order valence-corrected chi connectivity index (χ4v) is 5.77. The van der Waals surface area contributed by atoms with Crippen LogP contribution in [0, 0.1) is 0 Å². The summed E-state index contributed by atoms with van der Waals surface area (Å²) in [4.78, 5) is -0.776. The number of anilines is 3. The molecule has 0 amide bonds. The molecule has 0 spiro atoms. The van der Waals surface area contributed by atoms with Crippen LogP contribution in [0.1, 0.15) is 5.56 Å². The molecule has 11 nitrogen and oxygen atoms in total. The number of hydrogen-bond donors (Lipinski definition) is 5. The predicted octanol–water partition coefficient (Wildman–Crippen LogP) is 0.371. The molecule has 2 rings (SSSR count). The number of nitrogens with two attached hydrogens (primary N) is 2. The molecule has 29 heavy (non-hydrogen) atoms. The third kappa shape index (κ3) is 6.30. The van der Waals surface area contributed by atoms with E-state index in [1.54, 1.807) is 0 Å². The first-order valence-electron chi connectivity index (χ1n) is 7.86. The van der Waals surface area contributed by atoms with Crippen molar-refractivity contribution < 1.29 is 34.4 Å². The molecule has 14 heteroatoms. The third-order valence-electron chi connectivity index (χ3n) is 3.79. The Balaban J connectivity index is 2.34. The van der Waals surface area contributed by atoms with E-state index in [-0.39, 0.29) is 28.5 Å². The minimum Gasteiger partial charge on any atom is -0.399 e. The van der Waals surface area contributed by atoms with Crippen LogP contribution in [-0.2, 0) is 36.6 Å². The summed E-state index contributed by atoms with van der Waals surface area (Å²) < 4.78 is 87.5. The van der Waals surface area contributed by atoms with E-state index in [9.17, 15) is 29.8 Å². The molecule has 0 saturated heterocycles. The van der Waals surface area contributed by atoms with Crippen molar-refractivity contribution in [1.82, 2.24) is 0 Å². The van der Waals surface area contributed by atoms with Gasteiger partial charge in [0.2, 0.25) is 0 Å². The van der Waals surface area contributed by atoms with E-state index < -0.39 is 46.5 Å². The van der Waals surface area contributed by atoms with Gasteiger partial charge in [0.05, 0.1) is 27.8 Å². The Hall–Kier alpha value is -2.39. The summed E-state index contributed by atoms with van der Waals surface area (Å²) >= 11 is 0. The van der Waals surface area contributed by atoms with Gasteiger partial charge in [0, 0.05) is 12.2 Å². The molecule has 0 aliphatic rings. The van der Waals surface area contributed by atoms with Crippen LogP contribution in [-0.4, -0.2) is 45.9 Å². The summed E-state index contributed by atoms with van der Waals surface area (Å²) in [6.07, 6.45) is 0. The van der Waals surface area contributed by atoms with Gasteiger partial charge in [-0.05, 0) is 35.9 Å². The molecule has 0 heterocycles. The second-order valence-corrected chi connectivity index (χ2v) is 11.1. The summed E-state index contributed by atoms with van der Waals surface area (Å²) in [5.41, 5.74) is 11.6. The lowest BCUT2D eigenvalue weighted by Gasteiger charge is -2.14. The average Bonchev–Trinajstić information content (AvgIpc) is 2.58. The summed E-state index contributed by atoms with van der Waals surface area (Å²) in [5.74, 6) is -1.85. The van der Waals surface area contributed by atoms with Crippen LogP contribution >= 0.6 is 0 Å². The van der Waals surface area contributed by atoms with Crippen molar-refractivity contribution >= 4 is 47.1 Å². The molecule has 7 N–H and O–H groups in total. The Labute approximate surface area is 168 Å².